The molecule has 1 aliphatic heterocycles. The van der Waals surface area contributed by atoms with E-state index in [1.54, 1.807) is 6.92 Å². The second kappa shape index (κ2) is 6.86. The lowest BCUT2D eigenvalue weighted by Gasteiger charge is -2.18. The van der Waals surface area contributed by atoms with Gasteiger partial charge >= 0.3 is 0 Å². The van der Waals surface area contributed by atoms with Gasteiger partial charge in [-0.15, -0.1) is 0 Å². The van der Waals surface area contributed by atoms with Crippen LogP contribution in [-0.2, 0) is 14.4 Å². The van der Waals surface area contributed by atoms with Crippen LogP contribution >= 0.6 is 0 Å². The van der Waals surface area contributed by atoms with Gasteiger partial charge in [-0.2, -0.15) is 4.98 Å². The van der Waals surface area contributed by atoms with Crippen molar-refractivity contribution < 1.29 is 23.3 Å². The summed E-state index contributed by atoms with van der Waals surface area (Å²) in [6.45, 7) is 1.33. The number of halogens is 1. The lowest BCUT2D eigenvalue weighted by atomic mass is 9.85. The monoisotopic (exact) mass is 410 g/mol. The van der Waals surface area contributed by atoms with Gasteiger partial charge in [-0.1, -0.05) is 17.3 Å². The van der Waals surface area contributed by atoms with Gasteiger partial charge < -0.3 is 9.84 Å². The van der Waals surface area contributed by atoms with Crippen molar-refractivity contribution in [2.45, 2.75) is 19.4 Å². The lowest BCUT2D eigenvalue weighted by molar-refractivity contribution is -0.144. The van der Waals surface area contributed by atoms with Crippen LogP contribution in [0.25, 0.3) is 11.4 Å². The summed E-state index contributed by atoms with van der Waals surface area (Å²) in [5, 5.41) is 6.53. The molecule has 5 rings (SSSR count). The first-order valence-electron chi connectivity index (χ1n) is 9.85. The third-order valence-corrected chi connectivity index (χ3v) is 6.16. The lowest BCUT2D eigenvalue weighted by Crippen LogP contribution is -2.42. The zero-order valence-electron chi connectivity index (χ0n) is 16.1. The number of imide groups is 1. The van der Waals surface area contributed by atoms with Gasteiger partial charge in [-0.05, 0) is 49.4 Å². The number of benzene rings is 1. The second-order valence-corrected chi connectivity index (χ2v) is 8.01. The Hall–Kier alpha value is -3.36. The molecule has 0 spiro atoms. The van der Waals surface area contributed by atoms with Crippen molar-refractivity contribution in [3.63, 3.8) is 0 Å². The van der Waals surface area contributed by atoms with E-state index in [0.717, 1.165) is 11.3 Å². The van der Waals surface area contributed by atoms with Gasteiger partial charge in [0.1, 0.15) is 18.4 Å². The van der Waals surface area contributed by atoms with E-state index >= 15 is 0 Å². The van der Waals surface area contributed by atoms with Crippen LogP contribution in [0.3, 0.4) is 0 Å². The SMILES string of the molecule is CC(NC(=O)CN1C(=O)C2C3C=CC(C3)C2C1=O)c1nc(-c2ccc(F)cc2)no1. The van der Waals surface area contributed by atoms with E-state index in [9.17, 15) is 18.8 Å². The Bertz CT molecular complexity index is 1030. The number of aromatic nitrogens is 2. The molecule has 2 aromatic rings. The fraction of sp³-hybridized carbons (Fsp3) is 0.381. The highest BCUT2D eigenvalue weighted by Gasteiger charge is 2.59. The van der Waals surface area contributed by atoms with Gasteiger partial charge in [0.2, 0.25) is 29.4 Å². The molecule has 1 N–H and O–H groups in total. The predicted molar refractivity (Wildman–Crippen MR) is 101 cm³/mol. The molecule has 5 atom stereocenters. The zero-order chi connectivity index (χ0) is 21.0. The zero-order valence-corrected chi connectivity index (χ0v) is 16.1. The van der Waals surface area contributed by atoms with Gasteiger partial charge in [0, 0.05) is 5.56 Å². The Morgan fingerprint density at radius 2 is 1.83 bits per heavy atom. The molecule has 154 valence electrons. The van der Waals surface area contributed by atoms with E-state index in [1.807, 2.05) is 12.2 Å². The molecular formula is C21H19FN4O4. The molecule has 30 heavy (non-hydrogen) atoms. The molecular weight excluding hydrogens is 391 g/mol. The van der Waals surface area contributed by atoms with E-state index in [0.29, 0.717) is 5.56 Å². The van der Waals surface area contributed by atoms with Gasteiger partial charge in [-0.3, -0.25) is 19.3 Å². The average Bonchev–Trinajstić information content (AvgIpc) is 3.49. The molecule has 5 unspecified atom stereocenters. The molecule has 1 aromatic carbocycles. The first-order valence-corrected chi connectivity index (χ1v) is 9.85. The summed E-state index contributed by atoms with van der Waals surface area (Å²) in [6, 6.07) is 5.01. The molecule has 2 aliphatic carbocycles. The molecule has 2 bridgehead atoms. The molecule has 8 nitrogen and oxygen atoms in total. The highest BCUT2D eigenvalue weighted by Crippen LogP contribution is 2.52. The van der Waals surface area contributed by atoms with Gasteiger partial charge in [-0.25, -0.2) is 4.39 Å². The summed E-state index contributed by atoms with van der Waals surface area (Å²) in [5.41, 5.74) is 0.577. The third kappa shape index (κ3) is 2.92. The number of fused-ring (bicyclic) bond motifs is 5. The summed E-state index contributed by atoms with van der Waals surface area (Å²) in [6.07, 6.45) is 4.87. The Labute approximate surface area is 171 Å². The van der Waals surface area contributed by atoms with Crippen LogP contribution in [0.1, 0.15) is 25.3 Å². The number of carbonyl (C=O) groups excluding carboxylic acids is 3. The fourth-order valence-electron chi connectivity index (χ4n) is 4.74. The Balaban J connectivity index is 1.23. The standard InChI is InChI=1S/C21H19FN4O4/c1-10(19-24-18(25-30-19)11-4-6-14(22)7-5-11)23-15(27)9-26-20(28)16-12-2-3-13(8-12)17(16)21(26)29/h2-7,10,12-13,16-17H,8-9H2,1H3,(H,23,27). The number of carbonyl (C=O) groups is 3. The van der Waals surface area contributed by atoms with Crippen LogP contribution in [0.15, 0.2) is 40.9 Å². The van der Waals surface area contributed by atoms with Crippen molar-refractivity contribution in [2.75, 3.05) is 6.54 Å². The highest BCUT2D eigenvalue weighted by atomic mass is 19.1. The fourth-order valence-corrected chi connectivity index (χ4v) is 4.74. The van der Waals surface area contributed by atoms with Crippen molar-refractivity contribution in [1.82, 2.24) is 20.4 Å². The molecule has 1 aromatic heterocycles. The van der Waals surface area contributed by atoms with Crippen LogP contribution in [-0.4, -0.2) is 39.3 Å². The summed E-state index contributed by atoms with van der Waals surface area (Å²) >= 11 is 0. The van der Waals surface area contributed by atoms with Crippen molar-refractivity contribution >= 4 is 17.7 Å². The van der Waals surface area contributed by atoms with Crippen molar-refractivity contribution in [3.05, 3.63) is 48.1 Å². The number of rotatable bonds is 5. The summed E-state index contributed by atoms with van der Waals surface area (Å²) < 4.78 is 18.3. The number of likely N-dealkylation sites (tertiary alicyclic amines) is 1. The van der Waals surface area contributed by atoms with Crippen LogP contribution < -0.4 is 5.32 Å². The largest absolute Gasteiger partial charge is 0.343 e. The van der Waals surface area contributed by atoms with Crippen LogP contribution in [0, 0.1) is 29.5 Å². The maximum Gasteiger partial charge on any atom is 0.249 e. The number of amides is 3. The number of nitrogens with zero attached hydrogens (tertiary/aromatic N) is 3. The number of hydrogen-bond donors (Lipinski definition) is 1. The van der Waals surface area contributed by atoms with E-state index in [-0.39, 0.29) is 59.6 Å². The van der Waals surface area contributed by atoms with Crippen LogP contribution in [0.4, 0.5) is 4.39 Å². The third-order valence-electron chi connectivity index (χ3n) is 6.16. The first kappa shape index (κ1) is 18.7. The maximum atomic E-state index is 13.1. The van der Waals surface area contributed by atoms with Crippen LogP contribution in [0.5, 0.6) is 0 Å². The average molecular weight is 410 g/mol. The normalized spacial score (nSPS) is 27.6. The van der Waals surface area contributed by atoms with E-state index < -0.39 is 11.9 Å². The predicted octanol–water partition coefficient (Wildman–Crippen LogP) is 1.86. The molecule has 0 radical (unpaired) electrons. The number of hydrogen-bond acceptors (Lipinski definition) is 6. The molecule has 2 fully saturated rings. The Kier molecular flexibility index (Phi) is 4.27. The Morgan fingerprint density at radius 1 is 1.20 bits per heavy atom. The molecule has 1 saturated carbocycles. The Morgan fingerprint density at radius 3 is 2.47 bits per heavy atom. The smallest absolute Gasteiger partial charge is 0.249 e. The molecule has 3 amide bonds. The second-order valence-electron chi connectivity index (χ2n) is 8.01. The molecule has 1 saturated heterocycles. The van der Waals surface area contributed by atoms with Gasteiger partial charge in [0.05, 0.1) is 11.8 Å². The minimum Gasteiger partial charge on any atom is -0.343 e. The van der Waals surface area contributed by atoms with Crippen LogP contribution in [0.2, 0.25) is 0 Å². The van der Waals surface area contributed by atoms with E-state index in [1.165, 1.54) is 24.3 Å². The minimum absolute atomic E-state index is 0.103. The molecule has 3 aliphatic rings. The summed E-state index contributed by atoms with van der Waals surface area (Å²) in [7, 11) is 0. The summed E-state index contributed by atoms with van der Waals surface area (Å²) in [4.78, 5) is 43.2. The minimum atomic E-state index is -0.621. The van der Waals surface area contributed by atoms with Gasteiger partial charge in [0.15, 0.2) is 0 Å². The highest BCUT2D eigenvalue weighted by molar-refractivity contribution is 6.08. The maximum absolute atomic E-state index is 13.1. The summed E-state index contributed by atoms with van der Waals surface area (Å²) in [5.74, 6) is -1.39. The van der Waals surface area contributed by atoms with Crippen molar-refractivity contribution in [2.24, 2.45) is 23.7 Å². The molecule has 2 heterocycles. The first-order chi connectivity index (χ1) is 14.4. The van der Waals surface area contributed by atoms with Crippen molar-refractivity contribution in [1.29, 1.82) is 0 Å². The quantitative estimate of drug-likeness (QED) is 0.596. The van der Waals surface area contributed by atoms with E-state index in [2.05, 4.69) is 15.5 Å². The molecule has 9 heteroatoms. The van der Waals surface area contributed by atoms with E-state index in [4.69, 9.17) is 4.52 Å². The number of nitrogens with one attached hydrogen (secondary N) is 1. The topological polar surface area (TPSA) is 105 Å². The van der Waals surface area contributed by atoms with Gasteiger partial charge in [0.25, 0.3) is 0 Å². The van der Waals surface area contributed by atoms with Crippen molar-refractivity contribution in [3.8, 4) is 11.4 Å². The number of allylic oxidation sites excluding steroid dienone is 2.